The molecule has 1 unspecified atom stereocenters. The number of rotatable bonds is 5. The van der Waals surface area contributed by atoms with E-state index in [1.807, 2.05) is 66.5 Å². The first-order valence-corrected chi connectivity index (χ1v) is 14.7. The quantitative estimate of drug-likeness (QED) is 0.186. The Morgan fingerprint density at radius 1 is 1.05 bits per heavy atom. The van der Waals surface area contributed by atoms with E-state index in [0.717, 1.165) is 27.4 Å². The van der Waals surface area contributed by atoms with Gasteiger partial charge in [-0.25, -0.2) is 19.1 Å². The Kier molecular flexibility index (Phi) is 6.45. The van der Waals surface area contributed by atoms with Crippen LogP contribution in [-0.4, -0.2) is 63.2 Å². The van der Waals surface area contributed by atoms with Crippen LogP contribution >= 0.6 is 18.7 Å². The molecule has 2 aromatic heterocycles. The van der Waals surface area contributed by atoms with Crippen LogP contribution in [0.25, 0.3) is 5.69 Å². The minimum Gasteiger partial charge on any atom is -0.379 e. The molecule has 0 amide bonds. The molecule has 0 spiro atoms. The fraction of sp³-hybridized carbons (Fsp3) is 0.231. The van der Waals surface area contributed by atoms with Crippen molar-refractivity contribution in [1.82, 2.24) is 19.1 Å². The standard InChI is InChI=1S/C26H26N7O3PS/c1-19-24-26(32(28-19)20-9-4-3-5-10-20)27-25(23-13-8-18-38-23)30(2)37(24,31-14-16-36-17-15-31)29-21-11-6-7-12-22(21)33(34)35/h3-13,18H,14-17H2,1-2H3. The van der Waals surface area contributed by atoms with Crippen molar-refractivity contribution in [3.8, 4) is 5.69 Å². The molecule has 38 heavy (non-hydrogen) atoms. The monoisotopic (exact) mass is 547 g/mol. The molecule has 2 aliphatic heterocycles. The summed E-state index contributed by atoms with van der Waals surface area (Å²) in [5.74, 6) is 1.48. The van der Waals surface area contributed by atoms with Crippen molar-refractivity contribution < 1.29 is 9.66 Å². The van der Waals surface area contributed by atoms with Gasteiger partial charge in [-0.15, -0.1) is 11.3 Å². The smallest absolute Gasteiger partial charge is 0.294 e. The number of nitrogens with zero attached hydrogens (tertiary/aromatic N) is 7. The number of aromatic nitrogens is 2. The number of nitro groups is 1. The maximum atomic E-state index is 12.1. The van der Waals surface area contributed by atoms with E-state index in [1.54, 1.807) is 29.5 Å². The molecule has 0 radical (unpaired) electrons. The lowest BCUT2D eigenvalue weighted by Gasteiger charge is -2.46. The van der Waals surface area contributed by atoms with Crippen LogP contribution in [0, 0.1) is 17.0 Å². The van der Waals surface area contributed by atoms with Crippen LogP contribution in [-0.2, 0) is 4.74 Å². The van der Waals surface area contributed by atoms with Gasteiger partial charge in [0.15, 0.2) is 19.0 Å². The lowest BCUT2D eigenvalue weighted by Crippen LogP contribution is -2.45. The summed E-state index contributed by atoms with van der Waals surface area (Å²) < 4.78 is 17.5. The Labute approximate surface area is 224 Å². The first kappa shape index (κ1) is 24.7. The second-order valence-corrected chi connectivity index (χ2v) is 12.8. The largest absolute Gasteiger partial charge is 0.379 e. The van der Waals surface area contributed by atoms with Crippen molar-refractivity contribution in [1.29, 1.82) is 0 Å². The van der Waals surface area contributed by atoms with E-state index < -0.39 is 7.36 Å². The van der Waals surface area contributed by atoms with Crippen molar-refractivity contribution in [3.63, 3.8) is 0 Å². The molecule has 2 aliphatic rings. The van der Waals surface area contributed by atoms with Gasteiger partial charge in [0.05, 0.1) is 39.7 Å². The molecule has 0 bridgehead atoms. The summed E-state index contributed by atoms with van der Waals surface area (Å²) in [5.41, 5.74) is 2.01. The van der Waals surface area contributed by atoms with Crippen LogP contribution in [0.3, 0.4) is 0 Å². The maximum absolute atomic E-state index is 12.1. The van der Waals surface area contributed by atoms with Crippen LogP contribution in [0.5, 0.6) is 0 Å². The number of hydrogen-bond donors (Lipinski definition) is 0. The number of para-hydroxylation sites is 2. The van der Waals surface area contributed by atoms with E-state index in [2.05, 4.69) is 9.34 Å². The fourth-order valence-corrected chi connectivity index (χ4v) is 9.62. The van der Waals surface area contributed by atoms with Gasteiger partial charge in [0.25, 0.3) is 5.69 Å². The van der Waals surface area contributed by atoms with Gasteiger partial charge >= 0.3 is 0 Å². The number of amidine groups is 1. The highest BCUT2D eigenvalue weighted by Gasteiger charge is 2.46. The lowest BCUT2D eigenvalue weighted by atomic mass is 10.3. The Bertz CT molecular complexity index is 1580. The number of morpholine rings is 1. The Hall–Kier alpha value is -3.63. The Morgan fingerprint density at radius 3 is 2.50 bits per heavy atom. The van der Waals surface area contributed by atoms with Crippen molar-refractivity contribution >= 4 is 47.0 Å². The Balaban J connectivity index is 1.73. The second kappa shape index (κ2) is 9.92. The number of nitro benzene ring substituents is 1. The lowest BCUT2D eigenvalue weighted by molar-refractivity contribution is -0.384. The SMILES string of the molecule is Cc1nn(-c2ccccc2)c2c1P(=Nc1ccccc1[N+](=O)[O-])(N1CCOCC1)N(C)C(c1cccs1)=N2. The summed E-state index contributed by atoms with van der Waals surface area (Å²) in [7, 11) is -0.868. The minimum absolute atomic E-state index is 0.0247. The average Bonchev–Trinajstić information content (AvgIpc) is 3.60. The Morgan fingerprint density at radius 2 is 1.79 bits per heavy atom. The molecule has 0 N–H and O–H groups in total. The van der Waals surface area contributed by atoms with Gasteiger partial charge in [-0.05, 0) is 36.6 Å². The maximum Gasteiger partial charge on any atom is 0.294 e. The number of hydrogen-bond acceptors (Lipinski definition) is 7. The van der Waals surface area contributed by atoms with Gasteiger partial charge < -0.3 is 9.41 Å². The van der Waals surface area contributed by atoms with Crippen molar-refractivity contribution in [2.75, 3.05) is 33.4 Å². The van der Waals surface area contributed by atoms with Gasteiger partial charge in [-0.2, -0.15) is 5.10 Å². The first-order valence-electron chi connectivity index (χ1n) is 12.2. The second-order valence-electron chi connectivity index (χ2n) is 8.92. The van der Waals surface area contributed by atoms with Crippen LogP contribution < -0.4 is 5.30 Å². The molecule has 4 aromatic rings. The number of fused-ring (bicyclic) bond motifs is 1. The van der Waals surface area contributed by atoms with E-state index in [9.17, 15) is 10.1 Å². The topological polar surface area (TPSA) is 101 Å². The highest BCUT2D eigenvalue weighted by atomic mass is 32.1. The number of ether oxygens (including phenoxy) is 1. The van der Waals surface area contributed by atoms with Gasteiger partial charge in [0, 0.05) is 26.2 Å². The molecule has 1 fully saturated rings. The molecule has 0 aliphatic carbocycles. The molecule has 6 rings (SSSR count). The van der Waals surface area contributed by atoms with E-state index in [-0.39, 0.29) is 10.6 Å². The van der Waals surface area contributed by atoms with Gasteiger partial charge in [0.2, 0.25) is 0 Å². The van der Waals surface area contributed by atoms with Crippen LogP contribution in [0.2, 0.25) is 0 Å². The zero-order chi connectivity index (χ0) is 26.3. The predicted molar refractivity (Wildman–Crippen MR) is 151 cm³/mol. The number of aryl methyl sites for hydroxylation is 1. The molecular formula is C26H26N7O3PS. The minimum atomic E-state index is -2.87. The first-order chi connectivity index (χ1) is 18.5. The number of benzene rings is 2. The van der Waals surface area contributed by atoms with Gasteiger partial charge in [-0.1, -0.05) is 36.4 Å². The molecule has 2 aromatic carbocycles. The van der Waals surface area contributed by atoms with Gasteiger partial charge in [0.1, 0.15) is 5.69 Å². The third kappa shape index (κ3) is 3.99. The molecule has 1 saturated heterocycles. The van der Waals surface area contributed by atoms with Crippen LogP contribution in [0.4, 0.5) is 17.2 Å². The van der Waals surface area contributed by atoms with Gasteiger partial charge in [-0.3, -0.25) is 10.1 Å². The third-order valence-corrected chi connectivity index (χ3v) is 11.4. The molecule has 1 atom stereocenters. The summed E-state index contributed by atoms with van der Waals surface area (Å²) in [5, 5.41) is 19.9. The van der Waals surface area contributed by atoms with E-state index in [4.69, 9.17) is 19.6 Å². The summed E-state index contributed by atoms with van der Waals surface area (Å²) in [6.07, 6.45) is 0. The molecule has 4 heterocycles. The van der Waals surface area contributed by atoms with Crippen LogP contribution in [0.1, 0.15) is 10.6 Å². The van der Waals surface area contributed by atoms with Crippen molar-refractivity contribution in [2.45, 2.75) is 6.92 Å². The van der Waals surface area contributed by atoms with E-state index >= 15 is 0 Å². The fourth-order valence-electron chi connectivity index (χ4n) is 4.98. The average molecular weight is 548 g/mol. The van der Waals surface area contributed by atoms with Crippen molar-refractivity contribution in [3.05, 3.63) is 92.8 Å². The summed E-state index contributed by atoms with van der Waals surface area (Å²) in [6, 6.07) is 20.6. The highest BCUT2D eigenvalue weighted by Crippen LogP contribution is 2.62. The molecule has 0 saturated carbocycles. The zero-order valence-corrected chi connectivity index (χ0v) is 22.7. The number of aliphatic imine (C=N–C) groups is 1. The predicted octanol–water partition coefficient (Wildman–Crippen LogP) is 5.49. The van der Waals surface area contributed by atoms with Crippen LogP contribution in [0.15, 0.2) is 81.8 Å². The summed E-state index contributed by atoms with van der Waals surface area (Å²) >= 11 is 1.60. The molecule has 194 valence electrons. The van der Waals surface area contributed by atoms with Crippen molar-refractivity contribution in [2.24, 2.45) is 9.74 Å². The summed E-state index contributed by atoms with van der Waals surface area (Å²) in [4.78, 5) is 17.9. The summed E-state index contributed by atoms with van der Waals surface area (Å²) in [6.45, 7) is 4.34. The molecule has 12 heteroatoms. The zero-order valence-electron chi connectivity index (χ0n) is 21.0. The van der Waals surface area contributed by atoms with E-state index in [0.29, 0.717) is 37.8 Å². The highest BCUT2D eigenvalue weighted by molar-refractivity contribution is 7.70. The van der Waals surface area contributed by atoms with E-state index in [1.165, 1.54) is 6.07 Å². The molecular weight excluding hydrogens is 521 g/mol. The normalized spacial score (nSPS) is 19.6. The third-order valence-electron chi connectivity index (χ3n) is 6.69. The molecule has 10 nitrogen and oxygen atoms in total. The number of thiophene rings is 1.